The second kappa shape index (κ2) is 12.6. The van der Waals surface area contributed by atoms with Crippen LogP contribution in [0.5, 0.6) is 0 Å². The monoisotopic (exact) mass is 465 g/mol. The van der Waals surface area contributed by atoms with E-state index in [0.717, 1.165) is 70.0 Å². The van der Waals surface area contributed by atoms with Crippen LogP contribution in [0.2, 0.25) is 0 Å². The Hall–Kier alpha value is -2.78. The third-order valence-corrected chi connectivity index (χ3v) is 6.35. The SMILES string of the molecule is O=C(OCc1ccccc1)c1ccc(N2CCC(N3CCNCCNCCNCC3)C2=O)cc1. The van der Waals surface area contributed by atoms with Gasteiger partial charge in [0.15, 0.2) is 0 Å². The number of nitrogens with one attached hydrogen (secondary N) is 3. The Labute approximate surface area is 201 Å². The predicted molar refractivity (Wildman–Crippen MR) is 133 cm³/mol. The zero-order valence-electron chi connectivity index (χ0n) is 19.7. The standard InChI is InChI=1S/C26H35N5O3/c32-25-24(30-18-15-28-13-11-27-12-14-29-16-19-30)10-17-31(25)23-8-6-22(7-9-23)26(33)34-20-21-4-2-1-3-5-21/h1-9,24,27-29H,10-20H2. The summed E-state index contributed by atoms with van der Waals surface area (Å²) in [4.78, 5) is 29.8. The Morgan fingerprint density at radius 2 is 1.44 bits per heavy atom. The van der Waals surface area contributed by atoms with Crippen molar-refractivity contribution in [2.45, 2.75) is 19.1 Å². The third kappa shape index (κ3) is 6.64. The highest BCUT2D eigenvalue weighted by atomic mass is 16.5. The lowest BCUT2D eigenvalue weighted by Crippen LogP contribution is -2.48. The molecule has 2 saturated heterocycles. The first-order valence-corrected chi connectivity index (χ1v) is 12.2. The number of hydrogen-bond donors (Lipinski definition) is 3. The Balaban J connectivity index is 1.33. The molecule has 8 nitrogen and oxygen atoms in total. The Kier molecular flexibility index (Phi) is 9.04. The minimum Gasteiger partial charge on any atom is -0.457 e. The molecule has 1 amide bonds. The molecule has 2 aromatic rings. The summed E-state index contributed by atoms with van der Waals surface area (Å²) in [5.41, 5.74) is 2.26. The second-order valence-electron chi connectivity index (χ2n) is 8.69. The average molecular weight is 466 g/mol. The van der Waals surface area contributed by atoms with E-state index < -0.39 is 0 Å². The quantitative estimate of drug-likeness (QED) is 0.573. The van der Waals surface area contributed by atoms with Crippen LogP contribution >= 0.6 is 0 Å². The van der Waals surface area contributed by atoms with Crippen molar-refractivity contribution in [3.63, 3.8) is 0 Å². The number of carbonyl (C=O) groups excluding carboxylic acids is 2. The van der Waals surface area contributed by atoms with Crippen LogP contribution in [0.1, 0.15) is 22.3 Å². The first kappa shape index (κ1) is 24.3. The molecule has 2 aliphatic heterocycles. The normalized spacial score (nSPS) is 21.0. The van der Waals surface area contributed by atoms with E-state index in [1.54, 1.807) is 12.1 Å². The van der Waals surface area contributed by atoms with Gasteiger partial charge in [0, 0.05) is 64.6 Å². The molecule has 2 fully saturated rings. The highest BCUT2D eigenvalue weighted by Crippen LogP contribution is 2.25. The van der Waals surface area contributed by atoms with E-state index in [1.165, 1.54) is 0 Å². The molecule has 8 heteroatoms. The fourth-order valence-corrected chi connectivity index (χ4v) is 4.44. The first-order chi connectivity index (χ1) is 16.7. The maximum atomic E-state index is 13.3. The van der Waals surface area contributed by atoms with Crippen LogP contribution < -0.4 is 20.9 Å². The summed E-state index contributed by atoms with van der Waals surface area (Å²) in [6.45, 7) is 8.11. The molecule has 0 aromatic heterocycles. The van der Waals surface area contributed by atoms with Gasteiger partial charge in [0.05, 0.1) is 11.6 Å². The maximum absolute atomic E-state index is 13.3. The molecule has 0 radical (unpaired) electrons. The molecule has 182 valence electrons. The van der Waals surface area contributed by atoms with Crippen molar-refractivity contribution in [1.29, 1.82) is 0 Å². The molecule has 2 aromatic carbocycles. The lowest BCUT2D eigenvalue weighted by atomic mass is 10.2. The van der Waals surface area contributed by atoms with Crippen LogP contribution in [0.25, 0.3) is 0 Å². The lowest BCUT2D eigenvalue weighted by Gasteiger charge is -2.28. The van der Waals surface area contributed by atoms with Crippen LogP contribution in [-0.2, 0) is 16.1 Å². The van der Waals surface area contributed by atoms with Crippen molar-refractivity contribution in [1.82, 2.24) is 20.9 Å². The van der Waals surface area contributed by atoms with E-state index in [1.807, 2.05) is 47.4 Å². The molecule has 3 N–H and O–H groups in total. The maximum Gasteiger partial charge on any atom is 0.338 e. The molecule has 1 atom stereocenters. The Morgan fingerprint density at radius 1 is 0.824 bits per heavy atom. The lowest BCUT2D eigenvalue weighted by molar-refractivity contribution is -0.121. The summed E-state index contributed by atoms with van der Waals surface area (Å²) >= 11 is 0. The molecule has 4 rings (SSSR count). The van der Waals surface area contributed by atoms with Gasteiger partial charge >= 0.3 is 5.97 Å². The van der Waals surface area contributed by atoms with Gasteiger partial charge in [-0.05, 0) is 36.2 Å². The van der Waals surface area contributed by atoms with Crippen LogP contribution in [0.15, 0.2) is 54.6 Å². The van der Waals surface area contributed by atoms with E-state index in [2.05, 4.69) is 20.9 Å². The Morgan fingerprint density at radius 3 is 2.09 bits per heavy atom. The zero-order chi connectivity index (χ0) is 23.6. The summed E-state index contributed by atoms with van der Waals surface area (Å²) < 4.78 is 5.41. The summed E-state index contributed by atoms with van der Waals surface area (Å²) in [6, 6.07) is 16.7. The number of ether oxygens (including phenoxy) is 1. The second-order valence-corrected chi connectivity index (χ2v) is 8.69. The van der Waals surface area contributed by atoms with Crippen molar-refractivity contribution >= 4 is 17.6 Å². The van der Waals surface area contributed by atoms with Crippen molar-refractivity contribution < 1.29 is 14.3 Å². The number of carbonyl (C=O) groups is 2. The minimum atomic E-state index is -0.365. The fraction of sp³-hybridized carbons (Fsp3) is 0.462. The third-order valence-electron chi connectivity index (χ3n) is 6.35. The first-order valence-electron chi connectivity index (χ1n) is 12.2. The highest BCUT2D eigenvalue weighted by Gasteiger charge is 2.36. The molecular formula is C26H35N5O3. The number of benzene rings is 2. The van der Waals surface area contributed by atoms with Crippen molar-refractivity contribution in [2.75, 3.05) is 63.8 Å². The van der Waals surface area contributed by atoms with E-state index in [0.29, 0.717) is 12.1 Å². The van der Waals surface area contributed by atoms with E-state index in [4.69, 9.17) is 4.74 Å². The molecule has 34 heavy (non-hydrogen) atoms. The average Bonchev–Trinajstić information content (AvgIpc) is 3.25. The fourth-order valence-electron chi connectivity index (χ4n) is 4.44. The van der Waals surface area contributed by atoms with Gasteiger partial charge in [0.1, 0.15) is 6.61 Å². The summed E-state index contributed by atoms with van der Waals surface area (Å²) in [5, 5.41) is 10.3. The van der Waals surface area contributed by atoms with E-state index in [-0.39, 0.29) is 24.5 Å². The summed E-state index contributed by atoms with van der Waals surface area (Å²) in [7, 11) is 0. The molecule has 1 unspecified atom stereocenters. The number of hydrogen-bond acceptors (Lipinski definition) is 7. The van der Waals surface area contributed by atoms with E-state index >= 15 is 0 Å². The molecule has 2 aliphatic rings. The number of esters is 1. The van der Waals surface area contributed by atoms with Gasteiger partial charge in [0.25, 0.3) is 0 Å². The molecule has 2 heterocycles. The van der Waals surface area contributed by atoms with Gasteiger partial charge in [-0.1, -0.05) is 30.3 Å². The van der Waals surface area contributed by atoms with Crippen molar-refractivity contribution in [3.8, 4) is 0 Å². The van der Waals surface area contributed by atoms with Crippen LogP contribution in [0.4, 0.5) is 5.69 Å². The van der Waals surface area contributed by atoms with Gasteiger partial charge < -0.3 is 25.6 Å². The minimum absolute atomic E-state index is 0.111. The number of rotatable bonds is 5. The number of anilines is 1. The van der Waals surface area contributed by atoms with Gasteiger partial charge in [-0.25, -0.2) is 4.79 Å². The topological polar surface area (TPSA) is 85.9 Å². The molecule has 0 spiro atoms. The van der Waals surface area contributed by atoms with Crippen LogP contribution in [-0.4, -0.2) is 81.7 Å². The number of nitrogens with zero attached hydrogens (tertiary/aromatic N) is 2. The smallest absolute Gasteiger partial charge is 0.338 e. The van der Waals surface area contributed by atoms with Gasteiger partial charge in [-0.2, -0.15) is 0 Å². The molecule has 0 bridgehead atoms. The molecular weight excluding hydrogens is 430 g/mol. The van der Waals surface area contributed by atoms with Crippen molar-refractivity contribution in [3.05, 3.63) is 65.7 Å². The van der Waals surface area contributed by atoms with Crippen LogP contribution in [0.3, 0.4) is 0 Å². The Bertz CT molecular complexity index is 910. The summed E-state index contributed by atoms with van der Waals surface area (Å²) in [6.07, 6.45) is 0.807. The molecule has 0 saturated carbocycles. The van der Waals surface area contributed by atoms with Gasteiger partial charge in [0.2, 0.25) is 5.91 Å². The largest absolute Gasteiger partial charge is 0.457 e. The summed E-state index contributed by atoms with van der Waals surface area (Å²) in [5.74, 6) is -0.233. The van der Waals surface area contributed by atoms with E-state index in [9.17, 15) is 9.59 Å². The zero-order valence-corrected chi connectivity index (χ0v) is 19.7. The number of amides is 1. The highest BCUT2D eigenvalue weighted by molar-refractivity contribution is 6.00. The molecule has 0 aliphatic carbocycles. The van der Waals surface area contributed by atoms with Gasteiger partial charge in [-0.3, -0.25) is 9.69 Å². The van der Waals surface area contributed by atoms with Crippen LogP contribution in [0, 0.1) is 0 Å². The predicted octanol–water partition coefficient (Wildman–Crippen LogP) is 1.23. The van der Waals surface area contributed by atoms with Gasteiger partial charge in [-0.15, -0.1) is 0 Å². The van der Waals surface area contributed by atoms with Crippen molar-refractivity contribution in [2.24, 2.45) is 0 Å².